The van der Waals surface area contributed by atoms with Crippen molar-refractivity contribution < 1.29 is 9.59 Å². The maximum Gasteiger partial charge on any atom is 0.242 e. The van der Waals surface area contributed by atoms with Gasteiger partial charge in [0.2, 0.25) is 11.8 Å². The van der Waals surface area contributed by atoms with Crippen molar-refractivity contribution in [2.24, 2.45) is 0 Å². The van der Waals surface area contributed by atoms with Gasteiger partial charge in [0.15, 0.2) is 0 Å². The van der Waals surface area contributed by atoms with Gasteiger partial charge in [-0.05, 0) is 17.5 Å². The fourth-order valence-corrected chi connectivity index (χ4v) is 3.35. The lowest BCUT2D eigenvalue weighted by atomic mass is 10.1. The third-order valence-electron chi connectivity index (χ3n) is 4.83. The second-order valence-electron chi connectivity index (χ2n) is 6.94. The van der Waals surface area contributed by atoms with Crippen molar-refractivity contribution in [2.45, 2.75) is 19.4 Å². The van der Waals surface area contributed by atoms with Gasteiger partial charge in [0.05, 0.1) is 13.0 Å². The van der Waals surface area contributed by atoms with Gasteiger partial charge < -0.3 is 10.2 Å². The average Bonchev–Trinajstić information content (AvgIpc) is 2.93. The molecule has 5 heteroatoms. The number of nitrogens with zero attached hydrogens (tertiary/aromatic N) is 2. The number of hydrogen-bond acceptors (Lipinski definition) is 3. The second-order valence-corrected chi connectivity index (χ2v) is 6.94. The number of rotatable bonds is 6. The summed E-state index contributed by atoms with van der Waals surface area (Å²) in [5, 5.41) is 2.76. The highest BCUT2D eigenvalue weighted by Gasteiger charge is 2.19. The van der Waals surface area contributed by atoms with E-state index in [4.69, 9.17) is 0 Å². The number of hydrogen-bond donors (Lipinski definition) is 1. The fourth-order valence-electron chi connectivity index (χ4n) is 3.35. The van der Waals surface area contributed by atoms with Crippen LogP contribution in [0.2, 0.25) is 0 Å². The third-order valence-corrected chi connectivity index (χ3v) is 4.83. The number of carbonyl (C=O) groups is 2. The summed E-state index contributed by atoms with van der Waals surface area (Å²) in [6.45, 7) is 4.29. The van der Waals surface area contributed by atoms with E-state index in [1.54, 1.807) is 0 Å². The quantitative estimate of drug-likeness (QED) is 0.853. The van der Waals surface area contributed by atoms with Crippen molar-refractivity contribution in [2.75, 3.05) is 32.7 Å². The van der Waals surface area contributed by atoms with Crippen molar-refractivity contribution in [1.82, 2.24) is 15.1 Å². The molecule has 0 bridgehead atoms. The molecular weight excluding hydrogens is 338 g/mol. The van der Waals surface area contributed by atoms with E-state index in [1.807, 2.05) is 41.3 Å². The van der Waals surface area contributed by atoms with Crippen LogP contribution in [0, 0.1) is 0 Å². The molecule has 0 unspecified atom stereocenters. The molecule has 1 N–H and O–H groups in total. The van der Waals surface area contributed by atoms with Gasteiger partial charge >= 0.3 is 0 Å². The molecule has 1 aliphatic rings. The van der Waals surface area contributed by atoms with Gasteiger partial charge in [-0.25, -0.2) is 0 Å². The lowest BCUT2D eigenvalue weighted by molar-refractivity contribution is -0.132. The number of benzene rings is 2. The highest BCUT2D eigenvalue weighted by Crippen LogP contribution is 2.09. The van der Waals surface area contributed by atoms with E-state index < -0.39 is 0 Å². The predicted octanol–water partition coefficient (Wildman–Crippen LogP) is 2.08. The Balaban J connectivity index is 1.41. The van der Waals surface area contributed by atoms with Crippen molar-refractivity contribution in [3.8, 4) is 0 Å². The van der Waals surface area contributed by atoms with Crippen LogP contribution in [0.5, 0.6) is 0 Å². The van der Waals surface area contributed by atoms with Gasteiger partial charge in [0.25, 0.3) is 0 Å². The Hall–Kier alpha value is -2.66. The average molecular weight is 365 g/mol. The zero-order valence-corrected chi connectivity index (χ0v) is 15.6. The molecule has 5 nitrogen and oxygen atoms in total. The molecule has 27 heavy (non-hydrogen) atoms. The minimum absolute atomic E-state index is 0.00188. The topological polar surface area (TPSA) is 52.7 Å². The van der Waals surface area contributed by atoms with Gasteiger partial charge in [-0.15, -0.1) is 0 Å². The Labute approximate surface area is 161 Å². The summed E-state index contributed by atoms with van der Waals surface area (Å²) in [5.74, 6) is -0.118. The summed E-state index contributed by atoms with van der Waals surface area (Å²) in [7, 11) is 0. The molecular formula is C22H27N3O2. The minimum Gasteiger partial charge on any atom is -0.347 e. The molecule has 1 aliphatic heterocycles. The molecule has 0 radical (unpaired) electrons. The largest absolute Gasteiger partial charge is 0.347 e. The summed E-state index contributed by atoms with van der Waals surface area (Å²) >= 11 is 0. The molecule has 1 heterocycles. The van der Waals surface area contributed by atoms with Crippen LogP contribution in [0.25, 0.3) is 0 Å². The first-order valence-electron chi connectivity index (χ1n) is 9.55. The van der Waals surface area contributed by atoms with Crippen molar-refractivity contribution in [3.05, 3.63) is 71.8 Å². The molecule has 0 saturated carbocycles. The van der Waals surface area contributed by atoms with Gasteiger partial charge in [-0.3, -0.25) is 14.5 Å². The van der Waals surface area contributed by atoms with Crippen LogP contribution < -0.4 is 5.32 Å². The van der Waals surface area contributed by atoms with E-state index in [0.717, 1.165) is 38.2 Å². The fraction of sp³-hybridized carbons (Fsp3) is 0.364. The second kappa shape index (κ2) is 9.88. The SMILES string of the molecule is O=C(Cc1ccccc1)NCC(=O)N1CCCN(Cc2ccccc2)CC1. The van der Waals surface area contributed by atoms with Crippen LogP contribution in [0.15, 0.2) is 60.7 Å². The Bertz CT molecular complexity index is 734. The highest BCUT2D eigenvalue weighted by molar-refractivity contribution is 5.85. The van der Waals surface area contributed by atoms with Crippen molar-refractivity contribution in [3.63, 3.8) is 0 Å². The monoisotopic (exact) mass is 365 g/mol. The molecule has 0 atom stereocenters. The molecule has 0 spiro atoms. The lowest BCUT2D eigenvalue weighted by Crippen LogP contribution is -2.42. The van der Waals surface area contributed by atoms with Gasteiger partial charge in [0, 0.05) is 32.7 Å². The summed E-state index contributed by atoms with van der Waals surface area (Å²) in [4.78, 5) is 28.8. The zero-order valence-electron chi connectivity index (χ0n) is 15.6. The number of carbonyl (C=O) groups excluding carboxylic acids is 2. The first kappa shape index (κ1) is 19.1. The van der Waals surface area contributed by atoms with Crippen LogP contribution in [-0.4, -0.2) is 54.3 Å². The van der Waals surface area contributed by atoms with Gasteiger partial charge in [-0.1, -0.05) is 60.7 Å². The van der Waals surface area contributed by atoms with Crippen LogP contribution in [0.4, 0.5) is 0 Å². The molecule has 1 saturated heterocycles. The maximum absolute atomic E-state index is 12.5. The Morgan fingerprint density at radius 1 is 0.815 bits per heavy atom. The third kappa shape index (κ3) is 6.22. The maximum atomic E-state index is 12.5. The molecule has 2 aromatic carbocycles. The highest BCUT2D eigenvalue weighted by atomic mass is 16.2. The molecule has 2 aromatic rings. The van der Waals surface area contributed by atoms with E-state index in [2.05, 4.69) is 34.5 Å². The molecule has 3 rings (SSSR count). The van der Waals surface area contributed by atoms with Crippen LogP contribution in [0.3, 0.4) is 0 Å². The van der Waals surface area contributed by atoms with E-state index in [1.165, 1.54) is 5.56 Å². The zero-order chi connectivity index (χ0) is 18.9. The van der Waals surface area contributed by atoms with Gasteiger partial charge in [0.1, 0.15) is 0 Å². The summed E-state index contributed by atoms with van der Waals surface area (Å²) in [6.07, 6.45) is 1.26. The van der Waals surface area contributed by atoms with Crippen LogP contribution in [0.1, 0.15) is 17.5 Å². The van der Waals surface area contributed by atoms with Crippen molar-refractivity contribution >= 4 is 11.8 Å². The summed E-state index contributed by atoms with van der Waals surface area (Å²) < 4.78 is 0. The van der Waals surface area contributed by atoms with E-state index in [0.29, 0.717) is 13.0 Å². The lowest BCUT2D eigenvalue weighted by Gasteiger charge is -2.22. The summed E-state index contributed by atoms with van der Waals surface area (Å²) in [6, 6.07) is 20.0. The Kier molecular flexibility index (Phi) is 6.99. The molecule has 0 aromatic heterocycles. The molecule has 142 valence electrons. The van der Waals surface area contributed by atoms with E-state index in [-0.39, 0.29) is 18.4 Å². The Morgan fingerprint density at radius 3 is 2.19 bits per heavy atom. The van der Waals surface area contributed by atoms with Crippen LogP contribution in [-0.2, 0) is 22.6 Å². The first-order valence-corrected chi connectivity index (χ1v) is 9.55. The van der Waals surface area contributed by atoms with Crippen LogP contribution >= 0.6 is 0 Å². The molecule has 1 fully saturated rings. The predicted molar refractivity (Wildman–Crippen MR) is 106 cm³/mol. The van der Waals surface area contributed by atoms with Crippen molar-refractivity contribution in [1.29, 1.82) is 0 Å². The number of amides is 2. The normalized spacial score (nSPS) is 15.2. The molecule has 0 aliphatic carbocycles. The molecule has 2 amide bonds. The van der Waals surface area contributed by atoms with E-state index >= 15 is 0 Å². The number of nitrogens with one attached hydrogen (secondary N) is 1. The summed E-state index contributed by atoms with van der Waals surface area (Å²) in [5.41, 5.74) is 2.25. The Morgan fingerprint density at radius 2 is 1.48 bits per heavy atom. The standard InChI is InChI=1S/C22H27N3O2/c26-21(16-19-8-3-1-4-9-19)23-17-22(27)25-13-7-12-24(14-15-25)18-20-10-5-2-6-11-20/h1-6,8-11H,7,12-18H2,(H,23,26). The first-order chi connectivity index (χ1) is 13.2. The van der Waals surface area contributed by atoms with Gasteiger partial charge in [-0.2, -0.15) is 0 Å². The minimum atomic E-state index is -0.116. The van der Waals surface area contributed by atoms with E-state index in [9.17, 15) is 9.59 Å². The smallest absolute Gasteiger partial charge is 0.242 e.